The van der Waals surface area contributed by atoms with Gasteiger partial charge in [-0.1, -0.05) is 0 Å². The third-order valence-electron chi connectivity index (χ3n) is 1.09. The number of hydrogen-bond donors (Lipinski definition) is 0. The average Bonchev–Trinajstić information content (AvgIpc) is 1.86. The SMILES string of the molecule is [CH+]=C(C)C(=O)OCCN(C)C. The second-order valence-electron chi connectivity index (χ2n) is 2.62. The Kier molecular flexibility index (Phi) is 4.42. The maximum absolute atomic E-state index is 10.7. The molecule has 0 fully saturated rings. The summed E-state index contributed by atoms with van der Waals surface area (Å²) in [6, 6.07) is 0. The van der Waals surface area contributed by atoms with Gasteiger partial charge >= 0.3 is 5.97 Å². The number of rotatable bonds is 4. The normalized spacial score (nSPS) is 9.73. The molecule has 0 bridgehead atoms. The van der Waals surface area contributed by atoms with E-state index in [2.05, 4.69) is 0 Å². The fourth-order valence-electron chi connectivity index (χ4n) is 0.435. The van der Waals surface area contributed by atoms with Crippen LogP contribution < -0.4 is 0 Å². The van der Waals surface area contributed by atoms with Crippen LogP contribution in [0.2, 0.25) is 0 Å². The van der Waals surface area contributed by atoms with Gasteiger partial charge in [-0.2, -0.15) is 0 Å². The Hall–Kier alpha value is -0.920. The van der Waals surface area contributed by atoms with Gasteiger partial charge in [0.25, 0.3) is 0 Å². The molecule has 0 aliphatic carbocycles. The van der Waals surface area contributed by atoms with E-state index in [1.165, 1.54) is 6.92 Å². The van der Waals surface area contributed by atoms with E-state index in [0.29, 0.717) is 6.61 Å². The van der Waals surface area contributed by atoms with Crippen LogP contribution in [0.3, 0.4) is 0 Å². The summed E-state index contributed by atoms with van der Waals surface area (Å²) >= 11 is 0. The Morgan fingerprint density at radius 3 is 2.45 bits per heavy atom. The molecule has 0 aromatic carbocycles. The van der Waals surface area contributed by atoms with Crippen molar-refractivity contribution >= 4 is 5.97 Å². The molecule has 0 saturated carbocycles. The first-order chi connectivity index (χ1) is 5.04. The van der Waals surface area contributed by atoms with Crippen LogP contribution in [0.15, 0.2) is 5.57 Å². The first-order valence-corrected chi connectivity index (χ1v) is 3.45. The summed E-state index contributed by atoms with van der Waals surface area (Å²) in [6.07, 6.45) is 0. The molecule has 0 heterocycles. The zero-order chi connectivity index (χ0) is 8.85. The van der Waals surface area contributed by atoms with Gasteiger partial charge in [-0.25, -0.2) is 0 Å². The molecule has 3 nitrogen and oxygen atoms in total. The quantitative estimate of drug-likeness (QED) is 0.336. The van der Waals surface area contributed by atoms with E-state index in [1.807, 2.05) is 19.0 Å². The first kappa shape index (κ1) is 10.1. The highest BCUT2D eigenvalue weighted by Crippen LogP contribution is 1.90. The average molecular weight is 156 g/mol. The number of esters is 1. The molecule has 0 saturated heterocycles. The van der Waals surface area contributed by atoms with Crippen molar-refractivity contribution in [2.75, 3.05) is 27.2 Å². The molecule has 11 heavy (non-hydrogen) atoms. The topological polar surface area (TPSA) is 29.5 Å². The van der Waals surface area contributed by atoms with Crippen LogP contribution in [0.25, 0.3) is 0 Å². The van der Waals surface area contributed by atoms with Gasteiger partial charge in [-0.15, -0.1) is 4.79 Å². The molecule has 0 spiro atoms. The van der Waals surface area contributed by atoms with Crippen LogP contribution in [0.1, 0.15) is 6.92 Å². The highest BCUT2D eigenvalue weighted by Gasteiger charge is 2.14. The molecule has 0 amide bonds. The molecular formula is C8H14NO2+. The van der Waals surface area contributed by atoms with Crippen LogP contribution in [0.4, 0.5) is 0 Å². The highest BCUT2D eigenvalue weighted by molar-refractivity contribution is 5.86. The van der Waals surface area contributed by atoms with Crippen molar-refractivity contribution in [2.45, 2.75) is 6.92 Å². The summed E-state index contributed by atoms with van der Waals surface area (Å²) in [7, 11) is 3.82. The predicted molar refractivity (Wildman–Crippen MR) is 43.0 cm³/mol. The Bertz CT molecular complexity index is 152. The molecule has 0 rings (SSSR count). The molecular weight excluding hydrogens is 142 g/mol. The number of carbonyl (C=O) groups is 1. The van der Waals surface area contributed by atoms with Crippen LogP contribution in [-0.4, -0.2) is 38.1 Å². The maximum atomic E-state index is 10.7. The van der Waals surface area contributed by atoms with Crippen molar-refractivity contribution in [3.8, 4) is 0 Å². The number of ether oxygens (including phenoxy) is 1. The van der Waals surface area contributed by atoms with Crippen LogP contribution >= 0.6 is 0 Å². The van der Waals surface area contributed by atoms with Gasteiger partial charge in [0.05, 0.1) is 6.58 Å². The van der Waals surface area contributed by atoms with Crippen molar-refractivity contribution in [2.24, 2.45) is 0 Å². The molecule has 3 heteroatoms. The molecule has 0 N–H and O–H groups in total. The van der Waals surface area contributed by atoms with E-state index in [-0.39, 0.29) is 5.57 Å². The molecule has 62 valence electrons. The van der Waals surface area contributed by atoms with Crippen LogP contribution in [0, 0.1) is 6.58 Å². The minimum atomic E-state index is -0.424. The summed E-state index contributed by atoms with van der Waals surface area (Å²) in [5, 5.41) is 0. The Morgan fingerprint density at radius 1 is 1.55 bits per heavy atom. The van der Waals surface area contributed by atoms with Gasteiger partial charge < -0.3 is 9.64 Å². The van der Waals surface area contributed by atoms with Gasteiger partial charge in [0.2, 0.25) is 5.57 Å². The summed E-state index contributed by atoms with van der Waals surface area (Å²) in [5.74, 6) is -0.424. The standard InChI is InChI=1S/C8H14NO2/c1-7(2)8(10)11-6-5-9(3)4/h1H,5-6H2,2-4H3/q+1. The van der Waals surface area contributed by atoms with Crippen molar-refractivity contribution in [3.63, 3.8) is 0 Å². The zero-order valence-corrected chi connectivity index (χ0v) is 7.26. The first-order valence-electron chi connectivity index (χ1n) is 3.45. The molecule has 0 aromatic heterocycles. The van der Waals surface area contributed by atoms with Gasteiger partial charge in [-0.3, -0.25) is 0 Å². The van der Waals surface area contributed by atoms with Crippen LogP contribution in [-0.2, 0) is 9.53 Å². The minimum absolute atomic E-state index is 0.198. The van der Waals surface area contributed by atoms with E-state index < -0.39 is 5.97 Å². The zero-order valence-electron chi connectivity index (χ0n) is 7.26. The lowest BCUT2D eigenvalue weighted by molar-refractivity contribution is -0.139. The van der Waals surface area contributed by atoms with Gasteiger partial charge in [0.1, 0.15) is 6.61 Å². The number of nitrogens with zero attached hydrogens (tertiary/aromatic N) is 1. The molecule has 0 atom stereocenters. The third kappa shape index (κ3) is 5.52. The predicted octanol–water partition coefficient (Wildman–Crippen LogP) is 0.470. The second-order valence-corrected chi connectivity index (χ2v) is 2.62. The van der Waals surface area contributed by atoms with Gasteiger partial charge in [-0.05, 0) is 14.1 Å². The van der Waals surface area contributed by atoms with E-state index >= 15 is 0 Å². The minimum Gasteiger partial charge on any atom is -0.371 e. The van der Waals surface area contributed by atoms with Crippen molar-refractivity contribution < 1.29 is 9.53 Å². The number of likely N-dealkylation sites (N-methyl/N-ethyl adjacent to an activating group) is 1. The Balaban J connectivity index is 3.40. The maximum Gasteiger partial charge on any atom is 0.487 e. The van der Waals surface area contributed by atoms with Crippen LogP contribution in [0.5, 0.6) is 0 Å². The monoisotopic (exact) mass is 156 g/mol. The summed E-state index contributed by atoms with van der Waals surface area (Å²) < 4.78 is 4.77. The lowest BCUT2D eigenvalue weighted by Crippen LogP contribution is -2.20. The lowest BCUT2D eigenvalue weighted by atomic mass is 10.4. The fourth-order valence-corrected chi connectivity index (χ4v) is 0.435. The molecule has 0 aromatic rings. The smallest absolute Gasteiger partial charge is 0.371 e. The van der Waals surface area contributed by atoms with E-state index in [9.17, 15) is 4.79 Å². The lowest BCUT2D eigenvalue weighted by Gasteiger charge is -2.05. The van der Waals surface area contributed by atoms with Gasteiger partial charge in [0.15, 0.2) is 0 Å². The second kappa shape index (κ2) is 4.83. The highest BCUT2D eigenvalue weighted by atomic mass is 16.5. The van der Waals surface area contributed by atoms with Crippen molar-refractivity contribution in [1.29, 1.82) is 0 Å². The largest absolute Gasteiger partial charge is 0.487 e. The summed E-state index contributed by atoms with van der Waals surface area (Å²) in [5.41, 5.74) is 0.198. The number of hydrogen-bond acceptors (Lipinski definition) is 3. The molecule has 0 unspecified atom stereocenters. The van der Waals surface area contributed by atoms with E-state index in [0.717, 1.165) is 6.54 Å². The van der Waals surface area contributed by atoms with Crippen molar-refractivity contribution in [3.05, 3.63) is 12.2 Å². The Morgan fingerprint density at radius 2 is 2.09 bits per heavy atom. The Labute approximate surface area is 67.6 Å². The fraction of sp³-hybridized carbons (Fsp3) is 0.625. The van der Waals surface area contributed by atoms with E-state index in [1.54, 1.807) is 0 Å². The summed E-state index contributed by atoms with van der Waals surface area (Å²) in [6.45, 7) is 7.82. The van der Waals surface area contributed by atoms with E-state index in [4.69, 9.17) is 11.3 Å². The molecule has 0 aliphatic heterocycles. The third-order valence-corrected chi connectivity index (χ3v) is 1.09. The molecule has 0 aliphatic rings. The molecule has 0 radical (unpaired) electrons. The van der Waals surface area contributed by atoms with Gasteiger partial charge in [0, 0.05) is 13.5 Å². The summed E-state index contributed by atoms with van der Waals surface area (Å²) in [4.78, 5) is 12.7. The number of carbonyl (C=O) groups excluding carboxylic acids is 1. The van der Waals surface area contributed by atoms with Crippen molar-refractivity contribution in [1.82, 2.24) is 4.90 Å².